The summed E-state index contributed by atoms with van der Waals surface area (Å²) in [5.41, 5.74) is 0. The minimum absolute atomic E-state index is 0.0137. The van der Waals surface area contributed by atoms with Crippen molar-refractivity contribution in [1.82, 2.24) is 4.31 Å². The van der Waals surface area contributed by atoms with Crippen LogP contribution in [0.3, 0.4) is 0 Å². The van der Waals surface area contributed by atoms with Crippen molar-refractivity contribution >= 4 is 21.6 Å². The topological polar surface area (TPSA) is 37.4 Å². The van der Waals surface area contributed by atoms with E-state index in [0.29, 0.717) is 6.07 Å². The predicted molar refractivity (Wildman–Crippen MR) is 61.5 cm³/mol. The molecule has 0 N–H and O–H groups in total. The molecular weight excluding hydrogens is 272 g/mol. The van der Waals surface area contributed by atoms with E-state index in [9.17, 15) is 17.2 Å². The summed E-state index contributed by atoms with van der Waals surface area (Å²) in [5.74, 6) is -1.79. The van der Waals surface area contributed by atoms with Crippen LogP contribution in [-0.2, 0) is 10.0 Å². The van der Waals surface area contributed by atoms with Gasteiger partial charge in [0.05, 0.1) is 0 Å². The molecule has 0 heterocycles. The molecule has 1 rings (SSSR count). The van der Waals surface area contributed by atoms with Gasteiger partial charge in [0.1, 0.15) is 16.5 Å². The maximum absolute atomic E-state index is 13.4. The molecule has 17 heavy (non-hydrogen) atoms. The molecule has 0 amide bonds. The van der Waals surface area contributed by atoms with E-state index in [1.807, 2.05) is 0 Å². The number of sulfonamides is 1. The average molecular weight is 284 g/mol. The fourth-order valence-electron chi connectivity index (χ4n) is 1.30. The number of halogens is 3. The second kappa shape index (κ2) is 5.29. The third kappa shape index (κ3) is 3.37. The first kappa shape index (κ1) is 14.3. The second-order valence-corrected chi connectivity index (χ2v) is 6.40. The molecule has 7 heteroatoms. The first-order valence-electron chi connectivity index (χ1n) is 4.80. The van der Waals surface area contributed by atoms with Crippen molar-refractivity contribution in [1.29, 1.82) is 0 Å². The second-order valence-electron chi connectivity index (χ2n) is 3.64. The number of rotatable bonds is 4. The highest BCUT2D eigenvalue weighted by Crippen LogP contribution is 2.20. The monoisotopic (exact) mass is 283 g/mol. The summed E-state index contributed by atoms with van der Waals surface area (Å²) in [7, 11) is -2.79. The minimum Gasteiger partial charge on any atom is -0.207 e. The summed E-state index contributed by atoms with van der Waals surface area (Å²) in [6.45, 7) is 1.62. The Bertz CT molecular complexity index is 505. The zero-order valence-corrected chi connectivity index (χ0v) is 10.9. The predicted octanol–water partition coefficient (Wildman–Crippen LogP) is 2.21. The number of benzene rings is 1. The van der Waals surface area contributed by atoms with E-state index >= 15 is 0 Å². The highest BCUT2D eigenvalue weighted by atomic mass is 35.5. The Morgan fingerprint density at radius 2 is 2.00 bits per heavy atom. The van der Waals surface area contributed by atoms with Gasteiger partial charge in [-0.15, -0.1) is 11.6 Å². The smallest absolute Gasteiger partial charge is 0.207 e. The van der Waals surface area contributed by atoms with Crippen LogP contribution in [0.1, 0.15) is 6.92 Å². The molecule has 0 aromatic heterocycles. The first-order chi connectivity index (χ1) is 7.75. The van der Waals surface area contributed by atoms with Crippen LogP contribution in [0.2, 0.25) is 0 Å². The van der Waals surface area contributed by atoms with Crippen LogP contribution in [-0.4, -0.2) is 31.7 Å². The molecule has 0 fully saturated rings. The molecule has 0 bridgehead atoms. The number of hydrogen-bond acceptors (Lipinski definition) is 2. The van der Waals surface area contributed by atoms with Gasteiger partial charge in [-0.2, -0.15) is 4.31 Å². The third-order valence-corrected chi connectivity index (χ3v) is 4.07. The van der Waals surface area contributed by atoms with Gasteiger partial charge < -0.3 is 0 Å². The number of hydrogen-bond donors (Lipinski definition) is 0. The lowest BCUT2D eigenvalue weighted by molar-refractivity contribution is 0.462. The summed E-state index contributed by atoms with van der Waals surface area (Å²) < 4.78 is 51.0. The Hall–Kier alpha value is -0.720. The molecule has 0 radical (unpaired) electrons. The molecule has 0 saturated carbocycles. The molecule has 3 nitrogen and oxygen atoms in total. The third-order valence-electron chi connectivity index (χ3n) is 2.09. The quantitative estimate of drug-likeness (QED) is 0.795. The summed E-state index contributed by atoms with van der Waals surface area (Å²) in [5, 5.41) is -0.425. The highest BCUT2D eigenvalue weighted by molar-refractivity contribution is 7.89. The normalized spacial score (nSPS) is 14.0. The van der Waals surface area contributed by atoms with Gasteiger partial charge in [-0.05, 0) is 25.1 Å². The van der Waals surface area contributed by atoms with Gasteiger partial charge in [0.2, 0.25) is 10.0 Å². The van der Waals surface area contributed by atoms with Gasteiger partial charge >= 0.3 is 0 Å². The fourth-order valence-corrected chi connectivity index (χ4v) is 2.92. The van der Waals surface area contributed by atoms with Crippen LogP contribution >= 0.6 is 11.6 Å². The molecule has 1 atom stereocenters. The molecule has 0 spiro atoms. The van der Waals surface area contributed by atoms with E-state index in [0.717, 1.165) is 16.4 Å². The highest BCUT2D eigenvalue weighted by Gasteiger charge is 2.25. The van der Waals surface area contributed by atoms with E-state index in [4.69, 9.17) is 11.6 Å². The van der Waals surface area contributed by atoms with Crippen LogP contribution in [0.25, 0.3) is 0 Å². The van der Waals surface area contributed by atoms with E-state index in [2.05, 4.69) is 0 Å². The van der Waals surface area contributed by atoms with Crippen molar-refractivity contribution in [3.8, 4) is 0 Å². The van der Waals surface area contributed by atoms with Gasteiger partial charge in [0.15, 0.2) is 0 Å². The molecule has 0 aliphatic heterocycles. The van der Waals surface area contributed by atoms with Crippen molar-refractivity contribution in [2.45, 2.75) is 17.2 Å². The lowest BCUT2D eigenvalue weighted by atomic mass is 10.3. The van der Waals surface area contributed by atoms with Crippen LogP contribution in [0.15, 0.2) is 23.1 Å². The molecule has 96 valence electrons. The molecule has 1 unspecified atom stereocenters. The lowest BCUT2D eigenvalue weighted by Gasteiger charge is -2.18. The standard InChI is InChI=1S/C10H12ClF2NO2S/c1-7(11)6-14(2)17(15,16)10-5-8(12)3-4-9(10)13/h3-5,7H,6H2,1-2H3. The van der Waals surface area contributed by atoms with E-state index in [1.165, 1.54) is 7.05 Å². The Morgan fingerprint density at radius 3 is 2.53 bits per heavy atom. The Balaban J connectivity index is 3.17. The van der Waals surface area contributed by atoms with Crippen molar-refractivity contribution in [3.05, 3.63) is 29.8 Å². The first-order valence-corrected chi connectivity index (χ1v) is 6.68. The summed E-state index contributed by atoms with van der Waals surface area (Å²) >= 11 is 5.66. The van der Waals surface area contributed by atoms with Gasteiger partial charge in [-0.25, -0.2) is 17.2 Å². The zero-order valence-electron chi connectivity index (χ0n) is 9.32. The SMILES string of the molecule is CC(Cl)CN(C)S(=O)(=O)c1cc(F)ccc1F. The van der Waals surface area contributed by atoms with Crippen molar-refractivity contribution in [2.24, 2.45) is 0 Å². The van der Waals surface area contributed by atoms with E-state index in [1.54, 1.807) is 6.92 Å². The van der Waals surface area contributed by atoms with Crippen molar-refractivity contribution in [2.75, 3.05) is 13.6 Å². The van der Waals surface area contributed by atoms with E-state index in [-0.39, 0.29) is 6.54 Å². The molecule has 0 aliphatic rings. The van der Waals surface area contributed by atoms with E-state index < -0.39 is 31.9 Å². The molecule has 0 aliphatic carbocycles. The maximum Gasteiger partial charge on any atom is 0.245 e. The minimum atomic E-state index is -4.05. The fraction of sp³-hybridized carbons (Fsp3) is 0.400. The maximum atomic E-state index is 13.4. The Morgan fingerprint density at radius 1 is 1.41 bits per heavy atom. The van der Waals surface area contributed by atoms with Crippen LogP contribution < -0.4 is 0 Å². The van der Waals surface area contributed by atoms with Gasteiger partial charge in [-0.3, -0.25) is 0 Å². The summed E-state index contributed by atoms with van der Waals surface area (Å²) in [6.07, 6.45) is 0. The summed E-state index contributed by atoms with van der Waals surface area (Å²) in [6, 6.07) is 2.29. The molecule has 1 aromatic carbocycles. The van der Waals surface area contributed by atoms with Crippen LogP contribution in [0, 0.1) is 11.6 Å². The number of nitrogens with zero attached hydrogens (tertiary/aromatic N) is 1. The van der Waals surface area contributed by atoms with Crippen molar-refractivity contribution in [3.63, 3.8) is 0 Å². The van der Waals surface area contributed by atoms with Crippen LogP contribution in [0.5, 0.6) is 0 Å². The Labute approximate surface area is 104 Å². The average Bonchev–Trinajstić information content (AvgIpc) is 2.20. The lowest BCUT2D eigenvalue weighted by Crippen LogP contribution is -2.32. The molecule has 1 aromatic rings. The molecule has 0 saturated heterocycles. The largest absolute Gasteiger partial charge is 0.245 e. The number of alkyl halides is 1. The zero-order chi connectivity index (χ0) is 13.2. The van der Waals surface area contributed by atoms with Gasteiger partial charge in [0, 0.05) is 19.0 Å². The Kier molecular flexibility index (Phi) is 4.46. The molecular formula is C10H12ClF2NO2S. The summed E-state index contributed by atoms with van der Waals surface area (Å²) in [4.78, 5) is -0.683. The van der Waals surface area contributed by atoms with Crippen molar-refractivity contribution < 1.29 is 17.2 Å². The van der Waals surface area contributed by atoms with Gasteiger partial charge in [-0.1, -0.05) is 0 Å². The van der Waals surface area contributed by atoms with Gasteiger partial charge in [0.25, 0.3) is 0 Å². The van der Waals surface area contributed by atoms with Crippen LogP contribution in [0.4, 0.5) is 8.78 Å².